The van der Waals surface area contributed by atoms with E-state index >= 15 is 0 Å². The molecule has 2 rings (SSSR count). The molecule has 1 saturated heterocycles. The Hall–Kier alpha value is -0.860. The van der Waals surface area contributed by atoms with E-state index in [4.69, 9.17) is 4.74 Å². The number of nitrogens with one attached hydrogen (secondary N) is 1. The van der Waals surface area contributed by atoms with Gasteiger partial charge < -0.3 is 10.1 Å². The topological polar surface area (TPSA) is 21.3 Å². The lowest BCUT2D eigenvalue weighted by Gasteiger charge is -2.38. The van der Waals surface area contributed by atoms with Gasteiger partial charge in [0.25, 0.3) is 0 Å². The van der Waals surface area contributed by atoms with Crippen LogP contribution in [0.1, 0.15) is 57.9 Å². The third kappa shape index (κ3) is 4.32. The molecule has 1 aromatic rings. The highest BCUT2D eigenvalue weighted by atomic mass is 16.5. The highest BCUT2D eigenvalue weighted by Gasteiger charge is 2.31. The summed E-state index contributed by atoms with van der Waals surface area (Å²) in [4.78, 5) is 0. The third-order valence-corrected chi connectivity index (χ3v) is 4.72. The van der Waals surface area contributed by atoms with Gasteiger partial charge in [-0.3, -0.25) is 0 Å². The fourth-order valence-electron chi connectivity index (χ4n) is 3.00. The van der Waals surface area contributed by atoms with E-state index in [1.165, 1.54) is 12.0 Å². The minimum Gasteiger partial charge on any atom is -0.375 e. The van der Waals surface area contributed by atoms with E-state index in [0.29, 0.717) is 12.0 Å². The molecule has 1 heterocycles. The molecule has 112 valence electrons. The molecule has 1 aliphatic heterocycles. The lowest BCUT2D eigenvalue weighted by atomic mass is 9.89. The molecule has 0 saturated carbocycles. The van der Waals surface area contributed by atoms with Gasteiger partial charge in [-0.15, -0.1) is 0 Å². The van der Waals surface area contributed by atoms with Crippen molar-refractivity contribution in [2.24, 2.45) is 0 Å². The van der Waals surface area contributed by atoms with Gasteiger partial charge in [0.05, 0.1) is 5.60 Å². The van der Waals surface area contributed by atoms with E-state index in [0.717, 1.165) is 32.4 Å². The van der Waals surface area contributed by atoms with Crippen LogP contribution in [0, 0.1) is 0 Å². The predicted molar refractivity (Wildman–Crippen MR) is 85.1 cm³/mol. The second-order valence-electron chi connectivity index (χ2n) is 6.40. The Bertz CT molecular complexity index is 392. The van der Waals surface area contributed by atoms with Gasteiger partial charge in [0.2, 0.25) is 0 Å². The molecule has 0 amide bonds. The Morgan fingerprint density at radius 2 is 2.10 bits per heavy atom. The fourth-order valence-corrected chi connectivity index (χ4v) is 3.00. The predicted octanol–water partition coefficient (Wildman–Crippen LogP) is 4.12. The third-order valence-electron chi connectivity index (χ3n) is 4.72. The minimum absolute atomic E-state index is 0.0843. The molecule has 1 aromatic carbocycles. The summed E-state index contributed by atoms with van der Waals surface area (Å²) in [5.41, 5.74) is 1.53. The highest BCUT2D eigenvalue weighted by Crippen LogP contribution is 2.28. The first kappa shape index (κ1) is 15.5. The lowest BCUT2D eigenvalue weighted by molar-refractivity contribution is -0.0778. The van der Waals surface area contributed by atoms with Crippen LogP contribution < -0.4 is 5.32 Å². The molecular formula is C18H29NO. The van der Waals surface area contributed by atoms with Crippen molar-refractivity contribution in [3.05, 3.63) is 35.9 Å². The smallest absolute Gasteiger partial charge is 0.0666 e. The monoisotopic (exact) mass is 275 g/mol. The minimum atomic E-state index is 0.0843. The number of hydrogen-bond acceptors (Lipinski definition) is 2. The van der Waals surface area contributed by atoms with E-state index in [2.05, 4.69) is 56.4 Å². The summed E-state index contributed by atoms with van der Waals surface area (Å²) in [5, 5.41) is 3.73. The van der Waals surface area contributed by atoms with Gasteiger partial charge >= 0.3 is 0 Å². The zero-order valence-electron chi connectivity index (χ0n) is 13.2. The summed E-state index contributed by atoms with van der Waals surface area (Å²) in [7, 11) is 0. The average molecular weight is 275 g/mol. The maximum absolute atomic E-state index is 5.90. The fraction of sp³-hybridized carbons (Fsp3) is 0.667. The maximum atomic E-state index is 5.90. The van der Waals surface area contributed by atoms with Gasteiger partial charge in [0.1, 0.15) is 0 Å². The maximum Gasteiger partial charge on any atom is 0.0666 e. The van der Waals surface area contributed by atoms with Crippen LogP contribution in [0.2, 0.25) is 0 Å². The number of benzene rings is 1. The van der Waals surface area contributed by atoms with Crippen LogP contribution in [-0.2, 0) is 4.74 Å². The molecule has 0 aliphatic carbocycles. The largest absolute Gasteiger partial charge is 0.375 e. The Morgan fingerprint density at radius 3 is 2.80 bits per heavy atom. The molecule has 1 N–H and O–H groups in total. The SMILES string of the molecule is CCC1(C)CC(NCCC(C)c2ccccc2)CCO1. The van der Waals surface area contributed by atoms with Crippen LogP contribution in [0.25, 0.3) is 0 Å². The van der Waals surface area contributed by atoms with Crippen molar-refractivity contribution in [1.29, 1.82) is 0 Å². The second kappa shape index (κ2) is 7.24. The van der Waals surface area contributed by atoms with Crippen molar-refractivity contribution in [2.75, 3.05) is 13.2 Å². The Balaban J connectivity index is 1.73. The van der Waals surface area contributed by atoms with Gasteiger partial charge in [0, 0.05) is 12.6 Å². The van der Waals surface area contributed by atoms with Gasteiger partial charge in [-0.05, 0) is 50.6 Å². The first-order chi connectivity index (χ1) is 9.63. The molecular weight excluding hydrogens is 246 g/mol. The second-order valence-corrected chi connectivity index (χ2v) is 6.40. The van der Waals surface area contributed by atoms with Gasteiger partial charge in [-0.2, -0.15) is 0 Å². The first-order valence-electron chi connectivity index (χ1n) is 8.05. The van der Waals surface area contributed by atoms with E-state index in [9.17, 15) is 0 Å². The molecule has 2 heteroatoms. The number of hydrogen-bond donors (Lipinski definition) is 1. The summed E-state index contributed by atoms with van der Waals surface area (Å²) in [5.74, 6) is 0.626. The summed E-state index contributed by atoms with van der Waals surface area (Å²) in [6.45, 7) is 8.78. The zero-order valence-corrected chi connectivity index (χ0v) is 13.2. The lowest BCUT2D eigenvalue weighted by Crippen LogP contribution is -2.45. The Labute approximate surface area is 123 Å². The van der Waals surface area contributed by atoms with Crippen molar-refractivity contribution in [1.82, 2.24) is 5.32 Å². The van der Waals surface area contributed by atoms with Gasteiger partial charge in [-0.1, -0.05) is 44.2 Å². The van der Waals surface area contributed by atoms with E-state index in [1.54, 1.807) is 0 Å². The van der Waals surface area contributed by atoms with Crippen LogP contribution >= 0.6 is 0 Å². The Kier molecular flexibility index (Phi) is 5.62. The normalized spacial score (nSPS) is 28.2. The molecule has 3 unspecified atom stereocenters. The standard InChI is InChI=1S/C18H29NO/c1-4-18(3)14-17(11-13-20-18)19-12-10-15(2)16-8-6-5-7-9-16/h5-9,15,17,19H,4,10-14H2,1-3H3. The summed E-state index contributed by atoms with van der Waals surface area (Å²) in [6.07, 6.45) is 4.59. The number of ether oxygens (including phenoxy) is 1. The van der Waals surface area contributed by atoms with Crippen molar-refractivity contribution < 1.29 is 4.74 Å². The summed E-state index contributed by atoms with van der Waals surface area (Å²) >= 11 is 0. The first-order valence-corrected chi connectivity index (χ1v) is 8.05. The van der Waals surface area contributed by atoms with Crippen molar-refractivity contribution in [3.8, 4) is 0 Å². The quantitative estimate of drug-likeness (QED) is 0.843. The molecule has 0 spiro atoms. The van der Waals surface area contributed by atoms with Crippen molar-refractivity contribution in [3.63, 3.8) is 0 Å². The zero-order chi connectivity index (χ0) is 14.4. The molecule has 2 nitrogen and oxygen atoms in total. The van der Waals surface area contributed by atoms with Crippen LogP contribution in [0.4, 0.5) is 0 Å². The molecule has 1 fully saturated rings. The van der Waals surface area contributed by atoms with Gasteiger partial charge in [-0.25, -0.2) is 0 Å². The molecule has 0 radical (unpaired) electrons. The van der Waals surface area contributed by atoms with Crippen LogP contribution in [0.3, 0.4) is 0 Å². The van der Waals surface area contributed by atoms with Crippen LogP contribution in [0.15, 0.2) is 30.3 Å². The highest BCUT2D eigenvalue weighted by molar-refractivity contribution is 5.18. The number of rotatable bonds is 6. The van der Waals surface area contributed by atoms with E-state index < -0.39 is 0 Å². The van der Waals surface area contributed by atoms with Crippen molar-refractivity contribution >= 4 is 0 Å². The average Bonchev–Trinajstić information content (AvgIpc) is 2.48. The van der Waals surface area contributed by atoms with Crippen LogP contribution in [-0.4, -0.2) is 24.8 Å². The molecule has 20 heavy (non-hydrogen) atoms. The summed E-state index contributed by atoms with van der Waals surface area (Å²) < 4.78 is 5.90. The van der Waals surface area contributed by atoms with E-state index in [-0.39, 0.29) is 5.60 Å². The van der Waals surface area contributed by atoms with E-state index in [1.807, 2.05) is 0 Å². The molecule has 0 aromatic heterocycles. The molecule has 0 bridgehead atoms. The molecule has 1 aliphatic rings. The summed E-state index contributed by atoms with van der Waals surface area (Å²) in [6, 6.07) is 11.4. The van der Waals surface area contributed by atoms with Gasteiger partial charge in [0.15, 0.2) is 0 Å². The molecule has 3 atom stereocenters. The Morgan fingerprint density at radius 1 is 1.35 bits per heavy atom. The van der Waals surface area contributed by atoms with Crippen molar-refractivity contribution in [2.45, 2.75) is 64.0 Å². The van der Waals surface area contributed by atoms with Crippen LogP contribution in [0.5, 0.6) is 0 Å².